The van der Waals surface area contributed by atoms with Gasteiger partial charge < -0.3 is 10.0 Å². The Morgan fingerprint density at radius 3 is 2.74 bits per heavy atom. The van der Waals surface area contributed by atoms with Crippen LogP contribution in [0.4, 0.5) is 0 Å². The predicted molar refractivity (Wildman–Crippen MR) is 89.0 cm³/mol. The molecule has 1 amide bonds. The Bertz CT molecular complexity index is 631. The van der Waals surface area contributed by atoms with E-state index in [1.54, 1.807) is 18.1 Å². The number of benzene rings is 1. The second-order valence-corrected chi connectivity index (χ2v) is 5.57. The molecule has 0 saturated carbocycles. The van der Waals surface area contributed by atoms with E-state index in [9.17, 15) is 9.90 Å². The van der Waals surface area contributed by atoms with Crippen molar-refractivity contribution in [3.8, 4) is 0 Å². The zero-order valence-electron chi connectivity index (χ0n) is 13.6. The van der Waals surface area contributed by atoms with Crippen molar-refractivity contribution in [1.29, 1.82) is 0 Å². The summed E-state index contributed by atoms with van der Waals surface area (Å²) in [5.41, 5.74) is 2.19. The van der Waals surface area contributed by atoms with E-state index in [1.807, 2.05) is 30.3 Å². The van der Waals surface area contributed by atoms with Crippen molar-refractivity contribution in [1.82, 2.24) is 14.9 Å². The minimum atomic E-state index is -0.575. The second-order valence-electron chi connectivity index (χ2n) is 5.57. The van der Waals surface area contributed by atoms with Crippen molar-refractivity contribution in [3.63, 3.8) is 0 Å². The molecule has 23 heavy (non-hydrogen) atoms. The van der Waals surface area contributed by atoms with Crippen LogP contribution in [0, 0.1) is 0 Å². The molecule has 1 heterocycles. The van der Waals surface area contributed by atoms with E-state index < -0.39 is 6.10 Å². The summed E-state index contributed by atoms with van der Waals surface area (Å²) in [4.78, 5) is 22.3. The molecule has 5 heteroatoms. The third kappa shape index (κ3) is 4.60. The highest BCUT2D eigenvalue weighted by Crippen LogP contribution is 2.17. The van der Waals surface area contributed by atoms with E-state index in [4.69, 9.17) is 0 Å². The summed E-state index contributed by atoms with van der Waals surface area (Å²) in [7, 11) is 1.74. The number of aliphatic hydroxyl groups excluding tert-OH is 1. The molecule has 0 aliphatic heterocycles. The minimum Gasteiger partial charge on any atom is -0.388 e. The average Bonchev–Trinajstić information content (AvgIpc) is 2.60. The van der Waals surface area contributed by atoms with Gasteiger partial charge in [0.25, 0.3) is 5.91 Å². The summed E-state index contributed by atoms with van der Waals surface area (Å²) in [5, 5.41) is 10.2. The molecule has 2 rings (SSSR count). The lowest BCUT2D eigenvalue weighted by Gasteiger charge is -2.20. The molecule has 0 saturated heterocycles. The number of aliphatic hydroxyl groups is 1. The molecule has 1 aromatic heterocycles. The van der Waals surface area contributed by atoms with Crippen LogP contribution >= 0.6 is 0 Å². The normalized spacial score (nSPS) is 12.0. The number of rotatable bonds is 7. The van der Waals surface area contributed by atoms with Crippen LogP contribution in [0.3, 0.4) is 0 Å². The zero-order chi connectivity index (χ0) is 16.7. The van der Waals surface area contributed by atoms with E-state index in [0.29, 0.717) is 18.5 Å². The molecule has 1 N–H and O–H groups in total. The number of carbonyl (C=O) groups is 1. The Kier molecular flexibility index (Phi) is 6.23. The monoisotopic (exact) mass is 313 g/mol. The molecule has 122 valence electrons. The SMILES string of the molecule is CCCc1ncncc1C(=O)N(C)CCC(O)c1ccccc1. The van der Waals surface area contributed by atoms with E-state index in [1.165, 1.54) is 6.33 Å². The van der Waals surface area contributed by atoms with Gasteiger partial charge in [0.2, 0.25) is 0 Å². The van der Waals surface area contributed by atoms with Crippen molar-refractivity contribution in [3.05, 3.63) is 59.7 Å². The van der Waals surface area contributed by atoms with Crippen molar-refractivity contribution in [2.45, 2.75) is 32.3 Å². The van der Waals surface area contributed by atoms with Crippen LogP contribution in [0.1, 0.15) is 47.5 Å². The van der Waals surface area contributed by atoms with Crippen LogP contribution < -0.4 is 0 Å². The minimum absolute atomic E-state index is 0.102. The van der Waals surface area contributed by atoms with Gasteiger partial charge in [0.1, 0.15) is 6.33 Å². The van der Waals surface area contributed by atoms with Crippen molar-refractivity contribution >= 4 is 5.91 Å². The van der Waals surface area contributed by atoms with Gasteiger partial charge in [-0.05, 0) is 18.4 Å². The lowest BCUT2D eigenvalue weighted by molar-refractivity contribution is 0.0759. The fourth-order valence-corrected chi connectivity index (χ4v) is 2.43. The number of hydrogen-bond donors (Lipinski definition) is 1. The van der Waals surface area contributed by atoms with Crippen LogP contribution in [0.2, 0.25) is 0 Å². The quantitative estimate of drug-likeness (QED) is 0.853. The number of aromatic nitrogens is 2. The summed E-state index contributed by atoms with van der Waals surface area (Å²) in [6, 6.07) is 9.47. The number of carbonyl (C=O) groups excluding carboxylic acids is 1. The van der Waals surface area contributed by atoms with E-state index in [0.717, 1.165) is 24.1 Å². The highest BCUT2D eigenvalue weighted by Gasteiger charge is 2.18. The molecular weight excluding hydrogens is 290 g/mol. The maximum absolute atomic E-state index is 12.6. The molecule has 1 unspecified atom stereocenters. The summed E-state index contributed by atoms with van der Waals surface area (Å²) in [6.45, 7) is 2.52. The largest absolute Gasteiger partial charge is 0.388 e. The van der Waals surface area contributed by atoms with Crippen LogP contribution in [-0.2, 0) is 6.42 Å². The lowest BCUT2D eigenvalue weighted by Crippen LogP contribution is -2.30. The second kappa shape index (κ2) is 8.39. The standard InChI is InChI=1S/C18H23N3O2/c1-3-7-16-15(12-19-13-20-16)18(23)21(2)11-10-17(22)14-8-5-4-6-9-14/h4-6,8-9,12-13,17,22H,3,7,10-11H2,1-2H3. The van der Waals surface area contributed by atoms with E-state index >= 15 is 0 Å². The third-order valence-electron chi connectivity index (χ3n) is 3.78. The molecule has 0 aliphatic carbocycles. The summed E-state index contributed by atoms with van der Waals surface area (Å²) >= 11 is 0. The maximum Gasteiger partial charge on any atom is 0.257 e. The smallest absolute Gasteiger partial charge is 0.257 e. The van der Waals surface area contributed by atoms with Gasteiger partial charge in [-0.1, -0.05) is 43.7 Å². The van der Waals surface area contributed by atoms with Gasteiger partial charge in [-0.25, -0.2) is 9.97 Å². The van der Waals surface area contributed by atoms with E-state index in [2.05, 4.69) is 16.9 Å². The molecule has 0 radical (unpaired) electrons. The van der Waals surface area contributed by atoms with Crippen molar-refractivity contribution in [2.24, 2.45) is 0 Å². The topological polar surface area (TPSA) is 66.3 Å². The first-order chi connectivity index (χ1) is 11.1. The Balaban J connectivity index is 1.98. The molecule has 0 fully saturated rings. The highest BCUT2D eigenvalue weighted by atomic mass is 16.3. The fourth-order valence-electron chi connectivity index (χ4n) is 2.43. The maximum atomic E-state index is 12.6. The number of nitrogens with zero attached hydrogens (tertiary/aromatic N) is 3. The van der Waals surface area contributed by atoms with Gasteiger partial charge in [-0.3, -0.25) is 4.79 Å². The summed E-state index contributed by atoms with van der Waals surface area (Å²) < 4.78 is 0. The molecule has 0 bridgehead atoms. The fraction of sp³-hybridized carbons (Fsp3) is 0.389. The lowest BCUT2D eigenvalue weighted by atomic mass is 10.1. The van der Waals surface area contributed by atoms with Gasteiger partial charge >= 0.3 is 0 Å². The van der Waals surface area contributed by atoms with Gasteiger partial charge in [0.05, 0.1) is 17.4 Å². The molecule has 1 aromatic carbocycles. The first-order valence-electron chi connectivity index (χ1n) is 7.90. The Labute approximate surface area is 137 Å². The number of amides is 1. The zero-order valence-corrected chi connectivity index (χ0v) is 13.6. The van der Waals surface area contributed by atoms with Crippen molar-refractivity contribution < 1.29 is 9.90 Å². The van der Waals surface area contributed by atoms with Gasteiger partial charge in [-0.2, -0.15) is 0 Å². The van der Waals surface area contributed by atoms with Crippen molar-refractivity contribution in [2.75, 3.05) is 13.6 Å². The first kappa shape index (κ1) is 17.1. The number of hydrogen-bond acceptors (Lipinski definition) is 4. The molecule has 2 aromatic rings. The molecule has 0 spiro atoms. The Hall–Kier alpha value is -2.27. The summed E-state index contributed by atoms with van der Waals surface area (Å²) in [6.07, 6.45) is 4.64. The molecule has 5 nitrogen and oxygen atoms in total. The van der Waals surface area contributed by atoms with Crippen LogP contribution in [0.5, 0.6) is 0 Å². The van der Waals surface area contributed by atoms with Crippen LogP contribution in [-0.4, -0.2) is 39.5 Å². The molecule has 1 atom stereocenters. The van der Waals surface area contributed by atoms with Gasteiger partial charge in [0.15, 0.2) is 0 Å². The van der Waals surface area contributed by atoms with Crippen LogP contribution in [0.25, 0.3) is 0 Å². The summed E-state index contributed by atoms with van der Waals surface area (Å²) in [5.74, 6) is -0.102. The Morgan fingerprint density at radius 1 is 1.30 bits per heavy atom. The molecule has 0 aliphatic rings. The number of aryl methyl sites for hydroxylation is 1. The van der Waals surface area contributed by atoms with E-state index in [-0.39, 0.29) is 5.91 Å². The third-order valence-corrected chi connectivity index (χ3v) is 3.78. The molecular formula is C18H23N3O2. The van der Waals surface area contributed by atoms with Gasteiger partial charge in [-0.15, -0.1) is 0 Å². The average molecular weight is 313 g/mol. The van der Waals surface area contributed by atoms with Gasteiger partial charge in [0, 0.05) is 19.8 Å². The highest BCUT2D eigenvalue weighted by molar-refractivity contribution is 5.94. The predicted octanol–water partition coefficient (Wildman–Crippen LogP) is 2.62. The Morgan fingerprint density at radius 2 is 2.04 bits per heavy atom. The van der Waals surface area contributed by atoms with Crippen LogP contribution in [0.15, 0.2) is 42.9 Å². The first-order valence-corrected chi connectivity index (χ1v) is 7.90.